The lowest BCUT2D eigenvalue weighted by Gasteiger charge is -2.07. The molecular weight excluding hydrogens is 286 g/mol. The van der Waals surface area contributed by atoms with Crippen LogP contribution in [0.25, 0.3) is 0 Å². The number of hydrogen-bond acceptors (Lipinski definition) is 5. The second kappa shape index (κ2) is 10.5. The van der Waals surface area contributed by atoms with E-state index in [1.54, 1.807) is 14.0 Å². The number of ether oxygens (including phenoxy) is 3. The van der Waals surface area contributed by atoms with Gasteiger partial charge in [-0.1, -0.05) is 0 Å². The van der Waals surface area contributed by atoms with Crippen molar-refractivity contribution in [2.75, 3.05) is 26.9 Å². The Morgan fingerprint density at radius 1 is 1.09 bits per heavy atom. The third-order valence-electron chi connectivity index (χ3n) is 2.83. The quantitative estimate of drug-likeness (QED) is 0.528. The molecule has 0 aliphatic heterocycles. The van der Waals surface area contributed by atoms with Gasteiger partial charge < -0.3 is 19.5 Å². The molecule has 0 atom stereocenters. The molecule has 6 nitrogen and oxygen atoms in total. The predicted molar refractivity (Wildman–Crippen MR) is 82.0 cm³/mol. The van der Waals surface area contributed by atoms with Crippen molar-refractivity contribution in [2.24, 2.45) is 0 Å². The van der Waals surface area contributed by atoms with Crippen LogP contribution in [0.15, 0.2) is 24.3 Å². The molecule has 1 rings (SSSR count). The number of rotatable bonds is 10. The van der Waals surface area contributed by atoms with Crippen LogP contribution in [0, 0.1) is 0 Å². The summed E-state index contributed by atoms with van der Waals surface area (Å²) >= 11 is 0. The van der Waals surface area contributed by atoms with Gasteiger partial charge in [0.25, 0.3) is 0 Å². The summed E-state index contributed by atoms with van der Waals surface area (Å²) in [5.74, 6) is 1.12. The van der Waals surface area contributed by atoms with Crippen LogP contribution in [0.3, 0.4) is 0 Å². The summed E-state index contributed by atoms with van der Waals surface area (Å²) < 4.78 is 15.3. The molecule has 0 unspecified atom stereocenters. The molecule has 122 valence electrons. The van der Waals surface area contributed by atoms with Gasteiger partial charge in [-0.3, -0.25) is 9.59 Å². The van der Waals surface area contributed by atoms with E-state index in [1.807, 2.05) is 24.3 Å². The molecule has 1 amide bonds. The molecule has 0 fully saturated rings. The predicted octanol–water partition coefficient (Wildman–Crippen LogP) is 1.92. The maximum atomic E-state index is 11.5. The van der Waals surface area contributed by atoms with E-state index in [9.17, 15) is 9.59 Å². The van der Waals surface area contributed by atoms with Crippen molar-refractivity contribution in [2.45, 2.75) is 26.2 Å². The molecule has 0 aromatic heterocycles. The first-order chi connectivity index (χ1) is 10.7. The Morgan fingerprint density at radius 3 is 2.41 bits per heavy atom. The van der Waals surface area contributed by atoms with Gasteiger partial charge in [0, 0.05) is 13.0 Å². The lowest BCUT2D eigenvalue weighted by atomic mass is 10.3. The lowest BCUT2D eigenvalue weighted by molar-refractivity contribution is -0.143. The Morgan fingerprint density at radius 2 is 1.77 bits per heavy atom. The number of hydrogen-bond donors (Lipinski definition) is 1. The van der Waals surface area contributed by atoms with Gasteiger partial charge in [0.2, 0.25) is 5.91 Å². The average Bonchev–Trinajstić information content (AvgIpc) is 2.52. The van der Waals surface area contributed by atoms with Gasteiger partial charge in [0.15, 0.2) is 0 Å². The fraction of sp³-hybridized carbons (Fsp3) is 0.500. The van der Waals surface area contributed by atoms with E-state index in [0.717, 1.165) is 11.5 Å². The van der Waals surface area contributed by atoms with Crippen LogP contribution in [0.1, 0.15) is 26.2 Å². The van der Waals surface area contributed by atoms with Gasteiger partial charge >= 0.3 is 5.97 Å². The van der Waals surface area contributed by atoms with Crippen molar-refractivity contribution in [3.63, 3.8) is 0 Å². The summed E-state index contributed by atoms with van der Waals surface area (Å²) in [7, 11) is 1.61. The summed E-state index contributed by atoms with van der Waals surface area (Å²) in [6.07, 6.45) is 1.16. The van der Waals surface area contributed by atoms with Gasteiger partial charge in [-0.25, -0.2) is 0 Å². The normalized spacial score (nSPS) is 9.91. The smallest absolute Gasteiger partial charge is 0.307 e. The fourth-order valence-corrected chi connectivity index (χ4v) is 1.72. The summed E-state index contributed by atoms with van der Waals surface area (Å²) in [5.41, 5.74) is 0. The largest absolute Gasteiger partial charge is 0.497 e. The fourth-order valence-electron chi connectivity index (χ4n) is 1.72. The van der Waals surface area contributed by atoms with Crippen LogP contribution < -0.4 is 14.8 Å². The summed E-state index contributed by atoms with van der Waals surface area (Å²) in [4.78, 5) is 22.6. The van der Waals surface area contributed by atoms with E-state index >= 15 is 0 Å². The highest BCUT2D eigenvalue weighted by Gasteiger charge is 2.04. The molecule has 0 bridgehead atoms. The number of methoxy groups -OCH3 is 1. The number of benzene rings is 1. The van der Waals surface area contributed by atoms with Gasteiger partial charge in [-0.15, -0.1) is 0 Å². The van der Waals surface area contributed by atoms with Crippen LogP contribution >= 0.6 is 0 Å². The number of esters is 1. The molecule has 1 aromatic carbocycles. The van der Waals surface area contributed by atoms with E-state index in [1.165, 1.54) is 0 Å². The van der Waals surface area contributed by atoms with Crippen molar-refractivity contribution in [1.82, 2.24) is 5.32 Å². The molecule has 1 N–H and O–H groups in total. The summed E-state index contributed by atoms with van der Waals surface area (Å²) in [6.45, 7) is 2.86. The van der Waals surface area contributed by atoms with Crippen LogP contribution in [-0.2, 0) is 14.3 Å². The van der Waals surface area contributed by atoms with Gasteiger partial charge in [-0.05, 0) is 37.6 Å². The first-order valence-electron chi connectivity index (χ1n) is 7.35. The van der Waals surface area contributed by atoms with E-state index in [0.29, 0.717) is 32.6 Å². The molecule has 0 saturated heterocycles. The SMILES string of the molecule is CCOC(=O)CCNC(=O)CCCOc1ccc(OC)cc1. The van der Waals surface area contributed by atoms with Crippen molar-refractivity contribution in [1.29, 1.82) is 0 Å². The van der Waals surface area contributed by atoms with Crippen molar-refractivity contribution in [3.05, 3.63) is 24.3 Å². The minimum atomic E-state index is -0.300. The molecule has 0 aliphatic rings. The monoisotopic (exact) mass is 309 g/mol. The van der Waals surface area contributed by atoms with Crippen LogP contribution in [-0.4, -0.2) is 38.7 Å². The maximum absolute atomic E-state index is 11.5. The zero-order chi connectivity index (χ0) is 16.2. The topological polar surface area (TPSA) is 73.9 Å². The first-order valence-corrected chi connectivity index (χ1v) is 7.35. The zero-order valence-electron chi connectivity index (χ0n) is 13.1. The average molecular weight is 309 g/mol. The molecular formula is C16H23NO5. The van der Waals surface area contributed by atoms with E-state index in [-0.39, 0.29) is 18.3 Å². The van der Waals surface area contributed by atoms with Gasteiger partial charge in [0.1, 0.15) is 11.5 Å². The minimum absolute atomic E-state index is 0.0948. The van der Waals surface area contributed by atoms with Crippen molar-refractivity contribution >= 4 is 11.9 Å². The number of carbonyl (C=O) groups is 2. The summed E-state index contributed by atoms with van der Waals surface area (Å²) in [5, 5.41) is 2.67. The highest BCUT2D eigenvalue weighted by molar-refractivity contribution is 5.77. The second-order valence-corrected chi connectivity index (χ2v) is 4.53. The Hall–Kier alpha value is -2.24. The van der Waals surface area contributed by atoms with Gasteiger partial charge in [0.05, 0.1) is 26.7 Å². The Balaban J connectivity index is 2.08. The highest BCUT2D eigenvalue weighted by Crippen LogP contribution is 2.17. The first kappa shape index (κ1) is 17.8. The molecule has 0 heterocycles. The zero-order valence-corrected chi connectivity index (χ0v) is 13.1. The number of carbonyl (C=O) groups excluding carboxylic acids is 2. The Labute approximate surface area is 130 Å². The van der Waals surface area contributed by atoms with E-state index in [4.69, 9.17) is 14.2 Å². The van der Waals surface area contributed by atoms with Crippen LogP contribution in [0.5, 0.6) is 11.5 Å². The number of nitrogens with one attached hydrogen (secondary N) is 1. The third kappa shape index (κ3) is 7.52. The molecule has 0 saturated carbocycles. The third-order valence-corrected chi connectivity index (χ3v) is 2.83. The summed E-state index contributed by atoms with van der Waals surface area (Å²) in [6, 6.07) is 7.27. The van der Waals surface area contributed by atoms with Gasteiger partial charge in [-0.2, -0.15) is 0 Å². The van der Waals surface area contributed by atoms with E-state index < -0.39 is 0 Å². The van der Waals surface area contributed by atoms with Crippen LogP contribution in [0.4, 0.5) is 0 Å². The molecule has 6 heteroatoms. The number of amides is 1. The molecule has 0 radical (unpaired) electrons. The molecule has 22 heavy (non-hydrogen) atoms. The molecule has 1 aromatic rings. The Bertz CT molecular complexity index is 458. The lowest BCUT2D eigenvalue weighted by Crippen LogP contribution is -2.26. The molecule has 0 aliphatic carbocycles. The Kier molecular flexibility index (Phi) is 8.49. The minimum Gasteiger partial charge on any atom is -0.497 e. The van der Waals surface area contributed by atoms with Crippen molar-refractivity contribution < 1.29 is 23.8 Å². The van der Waals surface area contributed by atoms with E-state index in [2.05, 4.69) is 5.32 Å². The second-order valence-electron chi connectivity index (χ2n) is 4.53. The van der Waals surface area contributed by atoms with Crippen LogP contribution in [0.2, 0.25) is 0 Å². The standard InChI is InChI=1S/C16H23NO5/c1-3-21-16(19)10-11-17-15(18)5-4-12-22-14-8-6-13(20-2)7-9-14/h6-9H,3-5,10-12H2,1-2H3,(H,17,18). The molecule has 0 spiro atoms. The highest BCUT2D eigenvalue weighted by atomic mass is 16.5. The van der Waals surface area contributed by atoms with Crippen molar-refractivity contribution in [3.8, 4) is 11.5 Å². The maximum Gasteiger partial charge on any atom is 0.307 e.